The molecule has 0 fully saturated rings. The zero-order valence-corrected chi connectivity index (χ0v) is 13.8. The summed E-state index contributed by atoms with van der Waals surface area (Å²) in [6, 6.07) is 15.9. The quantitative estimate of drug-likeness (QED) is 0.799. The first-order valence-electron chi connectivity index (χ1n) is 7.05. The summed E-state index contributed by atoms with van der Waals surface area (Å²) < 4.78 is 1.13. The molecule has 3 nitrogen and oxygen atoms in total. The molecule has 3 rings (SSSR count). The van der Waals surface area contributed by atoms with Crippen LogP contribution in [0.2, 0.25) is 0 Å². The summed E-state index contributed by atoms with van der Waals surface area (Å²) >= 11 is 2.24. The zero-order valence-electron chi connectivity index (χ0n) is 11.6. The lowest BCUT2D eigenvalue weighted by Gasteiger charge is -2.36. The predicted octanol–water partition coefficient (Wildman–Crippen LogP) is 2.99. The molecule has 2 aromatic carbocycles. The number of rotatable bonds is 2. The van der Waals surface area contributed by atoms with Gasteiger partial charge in [0.2, 0.25) is 0 Å². The number of benzene rings is 2. The number of carbonyl (C=O) groups is 1. The van der Waals surface area contributed by atoms with Crippen LogP contribution in [0.25, 0.3) is 0 Å². The third-order valence-corrected chi connectivity index (χ3v) is 4.71. The van der Waals surface area contributed by atoms with Crippen molar-refractivity contribution in [2.24, 2.45) is 5.73 Å². The predicted molar refractivity (Wildman–Crippen MR) is 92.1 cm³/mol. The molecule has 0 aromatic heterocycles. The normalized spacial score (nSPS) is 17.4. The maximum Gasteiger partial charge on any atom is 0.254 e. The Hall–Kier alpha value is -1.40. The van der Waals surface area contributed by atoms with Gasteiger partial charge in [-0.1, -0.05) is 24.3 Å². The van der Waals surface area contributed by atoms with E-state index in [4.69, 9.17) is 5.73 Å². The van der Waals surface area contributed by atoms with E-state index in [0.717, 1.165) is 22.1 Å². The maximum atomic E-state index is 12.8. The SMILES string of the molecule is NCC1c2ccccc2CCN1C(=O)c1ccc(I)cc1. The van der Waals surface area contributed by atoms with Crippen molar-refractivity contribution in [2.45, 2.75) is 12.5 Å². The molecule has 2 N–H and O–H groups in total. The van der Waals surface area contributed by atoms with Crippen LogP contribution in [0.1, 0.15) is 27.5 Å². The summed E-state index contributed by atoms with van der Waals surface area (Å²) in [5.41, 5.74) is 9.17. The molecule has 21 heavy (non-hydrogen) atoms. The van der Waals surface area contributed by atoms with E-state index in [1.165, 1.54) is 11.1 Å². The Morgan fingerprint density at radius 3 is 2.62 bits per heavy atom. The van der Waals surface area contributed by atoms with Gasteiger partial charge in [-0.2, -0.15) is 0 Å². The summed E-state index contributed by atoms with van der Waals surface area (Å²) in [6.07, 6.45) is 0.892. The third-order valence-electron chi connectivity index (χ3n) is 3.99. The monoisotopic (exact) mass is 392 g/mol. The summed E-state index contributed by atoms with van der Waals surface area (Å²) in [5, 5.41) is 0. The number of amides is 1. The lowest BCUT2D eigenvalue weighted by Crippen LogP contribution is -2.43. The van der Waals surface area contributed by atoms with E-state index in [1.54, 1.807) is 0 Å². The fourth-order valence-corrected chi connectivity index (χ4v) is 3.27. The van der Waals surface area contributed by atoms with Gasteiger partial charge in [-0.15, -0.1) is 0 Å². The second kappa shape index (κ2) is 6.15. The minimum absolute atomic E-state index is 0.0262. The topological polar surface area (TPSA) is 46.3 Å². The van der Waals surface area contributed by atoms with Crippen molar-refractivity contribution >= 4 is 28.5 Å². The van der Waals surface area contributed by atoms with Crippen LogP contribution in [0.5, 0.6) is 0 Å². The first-order valence-corrected chi connectivity index (χ1v) is 8.13. The van der Waals surface area contributed by atoms with E-state index >= 15 is 0 Å². The molecule has 1 aliphatic rings. The Morgan fingerprint density at radius 2 is 1.90 bits per heavy atom. The fourth-order valence-electron chi connectivity index (χ4n) is 2.91. The number of halogens is 1. The average Bonchev–Trinajstić information content (AvgIpc) is 2.53. The van der Waals surface area contributed by atoms with Crippen molar-refractivity contribution in [1.29, 1.82) is 0 Å². The van der Waals surface area contributed by atoms with Gasteiger partial charge in [0.1, 0.15) is 0 Å². The molecule has 0 radical (unpaired) electrons. The van der Waals surface area contributed by atoms with Crippen LogP contribution >= 0.6 is 22.6 Å². The van der Waals surface area contributed by atoms with Crippen molar-refractivity contribution in [3.05, 3.63) is 68.8 Å². The van der Waals surface area contributed by atoms with Gasteiger partial charge in [0, 0.05) is 22.2 Å². The highest BCUT2D eigenvalue weighted by Gasteiger charge is 2.30. The smallest absolute Gasteiger partial charge is 0.254 e. The lowest BCUT2D eigenvalue weighted by atomic mass is 9.92. The van der Waals surface area contributed by atoms with Crippen LogP contribution in [-0.4, -0.2) is 23.9 Å². The summed E-state index contributed by atoms with van der Waals surface area (Å²) in [7, 11) is 0. The van der Waals surface area contributed by atoms with Crippen molar-refractivity contribution in [1.82, 2.24) is 4.90 Å². The van der Waals surface area contributed by atoms with Crippen LogP contribution in [0.3, 0.4) is 0 Å². The van der Waals surface area contributed by atoms with E-state index in [0.29, 0.717) is 6.54 Å². The molecule has 1 aliphatic heterocycles. The molecule has 1 atom stereocenters. The van der Waals surface area contributed by atoms with Gasteiger partial charge in [-0.05, 0) is 64.4 Å². The average molecular weight is 392 g/mol. The Balaban J connectivity index is 1.92. The molecule has 2 aromatic rings. The minimum Gasteiger partial charge on any atom is -0.330 e. The fraction of sp³-hybridized carbons (Fsp3) is 0.235. The molecule has 4 heteroatoms. The standard InChI is InChI=1S/C17H17IN2O/c18-14-7-5-13(6-8-14)17(21)20-10-9-12-3-1-2-4-15(12)16(20)11-19/h1-8,16H,9-11,19H2. The van der Waals surface area contributed by atoms with Crippen LogP contribution in [0.15, 0.2) is 48.5 Å². The lowest BCUT2D eigenvalue weighted by molar-refractivity contribution is 0.0668. The molecule has 0 bridgehead atoms. The van der Waals surface area contributed by atoms with Gasteiger partial charge in [-0.3, -0.25) is 4.79 Å². The molecule has 1 heterocycles. The van der Waals surface area contributed by atoms with E-state index in [2.05, 4.69) is 34.7 Å². The van der Waals surface area contributed by atoms with Gasteiger partial charge in [0.05, 0.1) is 6.04 Å². The highest BCUT2D eigenvalue weighted by molar-refractivity contribution is 14.1. The minimum atomic E-state index is -0.0262. The number of fused-ring (bicyclic) bond motifs is 1. The molecule has 0 aliphatic carbocycles. The Morgan fingerprint density at radius 1 is 1.19 bits per heavy atom. The van der Waals surface area contributed by atoms with Gasteiger partial charge in [0.25, 0.3) is 5.91 Å². The molecule has 0 saturated heterocycles. The third kappa shape index (κ3) is 2.82. The zero-order chi connectivity index (χ0) is 14.8. The van der Waals surface area contributed by atoms with E-state index in [-0.39, 0.29) is 11.9 Å². The number of carbonyl (C=O) groups excluding carboxylic acids is 1. The summed E-state index contributed by atoms with van der Waals surface area (Å²) in [4.78, 5) is 14.7. The molecule has 0 saturated carbocycles. The van der Waals surface area contributed by atoms with E-state index in [9.17, 15) is 4.79 Å². The first-order chi connectivity index (χ1) is 10.2. The van der Waals surface area contributed by atoms with Crippen LogP contribution in [0.4, 0.5) is 0 Å². The van der Waals surface area contributed by atoms with E-state index in [1.807, 2.05) is 41.3 Å². The second-order valence-corrected chi connectivity index (χ2v) is 6.45. The largest absolute Gasteiger partial charge is 0.330 e. The van der Waals surface area contributed by atoms with Gasteiger partial charge >= 0.3 is 0 Å². The molecular weight excluding hydrogens is 375 g/mol. The molecule has 108 valence electrons. The number of hydrogen-bond donors (Lipinski definition) is 1. The van der Waals surface area contributed by atoms with Crippen LogP contribution < -0.4 is 5.73 Å². The summed E-state index contributed by atoms with van der Waals surface area (Å²) in [5.74, 6) is 0.0661. The van der Waals surface area contributed by atoms with Gasteiger partial charge in [0.15, 0.2) is 0 Å². The highest BCUT2D eigenvalue weighted by atomic mass is 127. The number of hydrogen-bond acceptors (Lipinski definition) is 2. The van der Waals surface area contributed by atoms with Crippen molar-refractivity contribution in [2.75, 3.05) is 13.1 Å². The van der Waals surface area contributed by atoms with Gasteiger partial charge in [-0.25, -0.2) is 0 Å². The molecular formula is C17H17IN2O. The Bertz CT molecular complexity index is 654. The van der Waals surface area contributed by atoms with Gasteiger partial charge < -0.3 is 10.6 Å². The molecule has 1 amide bonds. The maximum absolute atomic E-state index is 12.8. The molecule has 0 spiro atoms. The first kappa shape index (κ1) is 14.5. The van der Waals surface area contributed by atoms with Crippen LogP contribution in [-0.2, 0) is 6.42 Å². The highest BCUT2D eigenvalue weighted by Crippen LogP contribution is 2.30. The number of nitrogens with zero attached hydrogens (tertiary/aromatic N) is 1. The second-order valence-electron chi connectivity index (χ2n) is 5.21. The Kier molecular flexibility index (Phi) is 4.26. The van der Waals surface area contributed by atoms with E-state index < -0.39 is 0 Å². The van der Waals surface area contributed by atoms with Crippen molar-refractivity contribution < 1.29 is 4.79 Å². The van der Waals surface area contributed by atoms with Crippen molar-refractivity contribution in [3.8, 4) is 0 Å². The summed E-state index contributed by atoms with van der Waals surface area (Å²) in [6.45, 7) is 1.18. The van der Waals surface area contributed by atoms with Crippen LogP contribution in [0, 0.1) is 3.57 Å². The van der Waals surface area contributed by atoms with Crippen molar-refractivity contribution in [3.63, 3.8) is 0 Å². The Labute approximate surface area is 138 Å². The number of nitrogens with two attached hydrogens (primary N) is 1. The molecule has 1 unspecified atom stereocenters.